The average molecular weight is 247 g/mol. The quantitative estimate of drug-likeness (QED) is 0.860. The number of hydrogen-bond donors (Lipinski definition) is 1. The topological polar surface area (TPSA) is 35.6 Å². The van der Waals surface area contributed by atoms with Crippen molar-refractivity contribution in [2.45, 2.75) is 13.0 Å². The minimum absolute atomic E-state index is 0.175. The van der Waals surface area contributed by atoms with Gasteiger partial charge in [-0.25, -0.2) is 0 Å². The van der Waals surface area contributed by atoms with E-state index in [2.05, 4.69) is 17.1 Å². The standard InChI is InChI=1S/C14H21N3O/c1-11-4-6-12(7-5-11)17-9-13(8-15-2)16(3)10-14(17)18/h4-7,13,15H,8-10H2,1-3H3. The summed E-state index contributed by atoms with van der Waals surface area (Å²) in [5, 5.41) is 3.18. The first-order valence-electron chi connectivity index (χ1n) is 6.33. The summed E-state index contributed by atoms with van der Waals surface area (Å²) in [6.07, 6.45) is 0. The molecule has 1 atom stereocenters. The molecule has 1 saturated heterocycles. The molecule has 4 nitrogen and oxygen atoms in total. The minimum Gasteiger partial charge on any atom is -0.318 e. The van der Waals surface area contributed by atoms with E-state index < -0.39 is 0 Å². The predicted molar refractivity (Wildman–Crippen MR) is 73.9 cm³/mol. The van der Waals surface area contributed by atoms with Crippen molar-refractivity contribution in [3.63, 3.8) is 0 Å². The van der Waals surface area contributed by atoms with Gasteiger partial charge in [-0.2, -0.15) is 0 Å². The monoisotopic (exact) mass is 247 g/mol. The molecule has 1 aliphatic heterocycles. The van der Waals surface area contributed by atoms with E-state index in [-0.39, 0.29) is 5.91 Å². The molecule has 0 spiro atoms. The smallest absolute Gasteiger partial charge is 0.241 e. The Labute approximate surface area is 109 Å². The van der Waals surface area contributed by atoms with Crippen LogP contribution in [0, 0.1) is 6.92 Å². The maximum absolute atomic E-state index is 12.1. The van der Waals surface area contributed by atoms with E-state index in [1.54, 1.807) is 0 Å². The first-order valence-corrected chi connectivity index (χ1v) is 6.33. The molecule has 1 unspecified atom stereocenters. The van der Waals surface area contributed by atoms with Crippen molar-refractivity contribution >= 4 is 11.6 Å². The third-order valence-corrected chi connectivity index (χ3v) is 3.49. The van der Waals surface area contributed by atoms with Crippen LogP contribution < -0.4 is 10.2 Å². The summed E-state index contributed by atoms with van der Waals surface area (Å²) in [6.45, 7) is 4.19. The molecule has 2 rings (SSSR count). The third kappa shape index (κ3) is 2.71. The normalized spacial score (nSPS) is 21.4. The molecule has 0 bridgehead atoms. The first kappa shape index (κ1) is 13.1. The second kappa shape index (κ2) is 5.50. The Hall–Kier alpha value is -1.39. The molecule has 0 radical (unpaired) electrons. The third-order valence-electron chi connectivity index (χ3n) is 3.49. The van der Waals surface area contributed by atoms with Crippen molar-refractivity contribution in [1.29, 1.82) is 0 Å². The molecule has 18 heavy (non-hydrogen) atoms. The highest BCUT2D eigenvalue weighted by atomic mass is 16.2. The van der Waals surface area contributed by atoms with Crippen LogP contribution in [0.25, 0.3) is 0 Å². The summed E-state index contributed by atoms with van der Waals surface area (Å²) >= 11 is 0. The van der Waals surface area contributed by atoms with Gasteiger partial charge >= 0.3 is 0 Å². The van der Waals surface area contributed by atoms with Crippen molar-refractivity contribution in [3.8, 4) is 0 Å². The lowest BCUT2D eigenvalue weighted by Crippen LogP contribution is -2.57. The van der Waals surface area contributed by atoms with E-state index in [4.69, 9.17) is 0 Å². The number of piperazine rings is 1. The number of benzene rings is 1. The molecule has 1 aliphatic rings. The Morgan fingerprint density at radius 1 is 1.33 bits per heavy atom. The van der Waals surface area contributed by atoms with Gasteiger partial charge in [0.15, 0.2) is 0 Å². The zero-order valence-electron chi connectivity index (χ0n) is 11.3. The van der Waals surface area contributed by atoms with Crippen LogP contribution in [-0.4, -0.2) is 50.6 Å². The maximum Gasteiger partial charge on any atom is 0.241 e. The maximum atomic E-state index is 12.1. The summed E-state index contributed by atoms with van der Waals surface area (Å²) in [5.41, 5.74) is 2.21. The molecule has 1 aromatic rings. The molecule has 1 fully saturated rings. The number of aryl methyl sites for hydroxylation is 1. The Bertz CT molecular complexity index is 416. The molecular weight excluding hydrogens is 226 g/mol. The van der Waals surface area contributed by atoms with Crippen LogP contribution in [0.3, 0.4) is 0 Å². The Morgan fingerprint density at radius 3 is 2.61 bits per heavy atom. The Morgan fingerprint density at radius 2 is 2.00 bits per heavy atom. The van der Waals surface area contributed by atoms with Crippen LogP contribution in [0.2, 0.25) is 0 Å². The van der Waals surface area contributed by atoms with Gasteiger partial charge < -0.3 is 10.2 Å². The number of hydrogen-bond acceptors (Lipinski definition) is 3. The van der Waals surface area contributed by atoms with Gasteiger partial charge in [0.05, 0.1) is 6.54 Å². The predicted octanol–water partition coefficient (Wildman–Crippen LogP) is 0.861. The van der Waals surface area contributed by atoms with Gasteiger partial charge in [-0.05, 0) is 33.2 Å². The van der Waals surface area contributed by atoms with Crippen molar-refractivity contribution in [3.05, 3.63) is 29.8 Å². The van der Waals surface area contributed by atoms with Crippen LogP contribution in [0.1, 0.15) is 5.56 Å². The van der Waals surface area contributed by atoms with Gasteiger partial charge in [-0.1, -0.05) is 17.7 Å². The van der Waals surface area contributed by atoms with Crippen LogP contribution in [0.4, 0.5) is 5.69 Å². The van der Waals surface area contributed by atoms with E-state index in [1.165, 1.54) is 5.56 Å². The van der Waals surface area contributed by atoms with Gasteiger partial charge in [0.25, 0.3) is 0 Å². The molecule has 1 amide bonds. The van der Waals surface area contributed by atoms with Crippen molar-refractivity contribution in [1.82, 2.24) is 10.2 Å². The summed E-state index contributed by atoms with van der Waals surface area (Å²) in [4.78, 5) is 16.1. The highest BCUT2D eigenvalue weighted by molar-refractivity contribution is 5.95. The molecule has 4 heteroatoms. The van der Waals surface area contributed by atoms with E-state index in [0.717, 1.165) is 18.8 Å². The Balaban J connectivity index is 2.16. The van der Waals surface area contributed by atoms with Crippen LogP contribution >= 0.6 is 0 Å². The SMILES string of the molecule is CNCC1CN(c2ccc(C)cc2)C(=O)CN1C. The molecule has 98 valence electrons. The second-order valence-corrected chi connectivity index (χ2v) is 4.97. The lowest BCUT2D eigenvalue weighted by molar-refractivity contribution is -0.121. The fourth-order valence-electron chi connectivity index (χ4n) is 2.31. The summed E-state index contributed by atoms with van der Waals surface area (Å²) in [6, 6.07) is 8.51. The average Bonchev–Trinajstić information content (AvgIpc) is 2.34. The van der Waals surface area contributed by atoms with Crippen LogP contribution in [-0.2, 0) is 4.79 Å². The zero-order valence-corrected chi connectivity index (χ0v) is 11.3. The number of amides is 1. The molecule has 0 saturated carbocycles. The molecule has 1 heterocycles. The highest BCUT2D eigenvalue weighted by Gasteiger charge is 2.29. The lowest BCUT2D eigenvalue weighted by Gasteiger charge is -2.39. The van der Waals surface area contributed by atoms with Crippen LogP contribution in [0.15, 0.2) is 24.3 Å². The van der Waals surface area contributed by atoms with Gasteiger partial charge in [0.1, 0.15) is 0 Å². The van der Waals surface area contributed by atoms with Gasteiger partial charge in [-0.15, -0.1) is 0 Å². The number of carbonyl (C=O) groups excluding carboxylic acids is 1. The number of carbonyl (C=O) groups is 1. The molecule has 1 aromatic carbocycles. The highest BCUT2D eigenvalue weighted by Crippen LogP contribution is 2.19. The lowest BCUT2D eigenvalue weighted by atomic mass is 10.1. The van der Waals surface area contributed by atoms with E-state index in [9.17, 15) is 4.79 Å². The van der Waals surface area contributed by atoms with Gasteiger partial charge in [-0.3, -0.25) is 9.69 Å². The van der Waals surface area contributed by atoms with E-state index >= 15 is 0 Å². The fraction of sp³-hybridized carbons (Fsp3) is 0.500. The second-order valence-electron chi connectivity index (χ2n) is 4.97. The molecule has 0 aliphatic carbocycles. The van der Waals surface area contributed by atoms with Crippen molar-refractivity contribution < 1.29 is 4.79 Å². The number of anilines is 1. The van der Waals surface area contributed by atoms with E-state index in [1.807, 2.05) is 43.3 Å². The largest absolute Gasteiger partial charge is 0.318 e. The van der Waals surface area contributed by atoms with Crippen molar-refractivity contribution in [2.75, 3.05) is 38.6 Å². The molecule has 1 N–H and O–H groups in total. The molecule has 0 aromatic heterocycles. The number of nitrogens with one attached hydrogen (secondary N) is 1. The fourth-order valence-corrected chi connectivity index (χ4v) is 2.31. The molecular formula is C14H21N3O. The van der Waals surface area contributed by atoms with Gasteiger partial charge in [0.2, 0.25) is 5.91 Å². The number of rotatable bonds is 3. The Kier molecular flexibility index (Phi) is 3.99. The van der Waals surface area contributed by atoms with E-state index in [0.29, 0.717) is 12.6 Å². The number of nitrogens with zero attached hydrogens (tertiary/aromatic N) is 2. The summed E-state index contributed by atoms with van der Waals surface area (Å²) in [7, 11) is 3.95. The number of likely N-dealkylation sites (N-methyl/N-ethyl adjacent to an activating group) is 2. The summed E-state index contributed by atoms with van der Waals surface area (Å²) < 4.78 is 0. The zero-order chi connectivity index (χ0) is 13.1. The first-order chi connectivity index (χ1) is 8.61. The van der Waals surface area contributed by atoms with Gasteiger partial charge in [0, 0.05) is 24.8 Å². The minimum atomic E-state index is 0.175. The van der Waals surface area contributed by atoms with Crippen LogP contribution in [0.5, 0.6) is 0 Å². The van der Waals surface area contributed by atoms with Crippen molar-refractivity contribution in [2.24, 2.45) is 0 Å². The summed E-state index contributed by atoms with van der Waals surface area (Å²) in [5.74, 6) is 0.175.